The van der Waals surface area contributed by atoms with Gasteiger partial charge < -0.3 is 10.2 Å². The lowest BCUT2D eigenvalue weighted by molar-refractivity contribution is -0.138. The molecule has 1 atom stereocenters. The molecule has 1 fully saturated rings. The Balaban J connectivity index is 1.92. The lowest BCUT2D eigenvalue weighted by atomic mass is 9.87. The van der Waals surface area contributed by atoms with Gasteiger partial charge in [-0.25, -0.2) is 8.78 Å². The zero-order valence-electron chi connectivity index (χ0n) is 19.7. The van der Waals surface area contributed by atoms with E-state index in [4.69, 9.17) is 0 Å². The molecule has 1 aliphatic rings. The summed E-state index contributed by atoms with van der Waals surface area (Å²) in [5.74, 6) is -3.31. The van der Waals surface area contributed by atoms with Gasteiger partial charge in [-0.2, -0.15) is 13.2 Å². The van der Waals surface area contributed by atoms with Gasteiger partial charge in [0.25, 0.3) is 0 Å². The van der Waals surface area contributed by atoms with E-state index < -0.39 is 35.7 Å². The van der Waals surface area contributed by atoms with E-state index in [1.165, 1.54) is 6.20 Å². The normalized spacial score (nSPS) is 17.8. The second kappa shape index (κ2) is 9.50. The van der Waals surface area contributed by atoms with Crippen LogP contribution in [0.25, 0.3) is 0 Å². The van der Waals surface area contributed by atoms with Crippen LogP contribution >= 0.6 is 0 Å². The van der Waals surface area contributed by atoms with E-state index in [1.807, 2.05) is 24.3 Å². The topological polar surface area (TPSA) is 45.2 Å². The van der Waals surface area contributed by atoms with Crippen molar-refractivity contribution in [3.05, 3.63) is 59.4 Å². The highest BCUT2D eigenvalue weighted by Crippen LogP contribution is 2.35. The summed E-state index contributed by atoms with van der Waals surface area (Å²) in [7, 11) is 1.62. The fourth-order valence-electron chi connectivity index (χ4n) is 4.12. The van der Waals surface area contributed by atoms with Crippen molar-refractivity contribution in [1.29, 1.82) is 0 Å². The van der Waals surface area contributed by atoms with Gasteiger partial charge in [-0.15, -0.1) is 0 Å². The number of hydrogen-bond acceptors (Lipinski definition) is 3. The monoisotopic (exact) mass is 483 g/mol. The standard InChI is InChI=1S/C25H30F5N3O/c1-23(2,3)17-5-7-20(8-6-17)33(4)21(16-13-18(15-31-14-16)25(28,29)30)22(34)32-19-9-11-24(26,27)12-10-19/h5-8,13-15,19,21H,9-12H2,1-4H3,(H,32,34). The van der Waals surface area contributed by atoms with Crippen LogP contribution in [0, 0.1) is 0 Å². The number of benzene rings is 1. The van der Waals surface area contributed by atoms with Crippen molar-refractivity contribution in [2.75, 3.05) is 11.9 Å². The minimum Gasteiger partial charge on any atom is -0.359 e. The minimum atomic E-state index is -4.62. The van der Waals surface area contributed by atoms with E-state index in [-0.39, 0.29) is 36.7 Å². The van der Waals surface area contributed by atoms with E-state index >= 15 is 0 Å². The summed E-state index contributed by atoms with van der Waals surface area (Å²) in [5, 5.41) is 2.78. The maximum Gasteiger partial charge on any atom is 0.417 e. The SMILES string of the molecule is CN(c1ccc(C(C)(C)C)cc1)C(C(=O)NC1CCC(F)(F)CC1)c1cncc(C(F)(F)F)c1. The largest absolute Gasteiger partial charge is 0.417 e. The van der Waals surface area contributed by atoms with Gasteiger partial charge in [0, 0.05) is 49.6 Å². The number of nitrogens with zero attached hydrogens (tertiary/aromatic N) is 2. The average Bonchev–Trinajstić information content (AvgIpc) is 2.74. The van der Waals surface area contributed by atoms with Crippen molar-refractivity contribution in [2.45, 2.75) is 76.1 Å². The van der Waals surface area contributed by atoms with Gasteiger partial charge in [-0.1, -0.05) is 32.9 Å². The van der Waals surface area contributed by atoms with Crippen molar-refractivity contribution < 1.29 is 26.7 Å². The van der Waals surface area contributed by atoms with Gasteiger partial charge in [-0.3, -0.25) is 9.78 Å². The molecule has 186 valence electrons. The number of amides is 1. The molecule has 34 heavy (non-hydrogen) atoms. The molecule has 1 aromatic heterocycles. The number of rotatable bonds is 5. The highest BCUT2D eigenvalue weighted by atomic mass is 19.4. The van der Waals surface area contributed by atoms with Gasteiger partial charge in [0.1, 0.15) is 6.04 Å². The number of anilines is 1. The van der Waals surface area contributed by atoms with Crippen molar-refractivity contribution in [3.63, 3.8) is 0 Å². The van der Waals surface area contributed by atoms with Crippen LogP contribution in [0.2, 0.25) is 0 Å². The maximum absolute atomic E-state index is 13.5. The van der Waals surface area contributed by atoms with Gasteiger partial charge in [0.15, 0.2) is 0 Å². The van der Waals surface area contributed by atoms with Crippen molar-refractivity contribution in [2.24, 2.45) is 0 Å². The zero-order chi connectivity index (χ0) is 25.3. The molecule has 1 amide bonds. The molecular formula is C25H30F5N3O. The Kier molecular flexibility index (Phi) is 7.24. The first-order chi connectivity index (χ1) is 15.7. The number of alkyl halides is 5. The first kappa shape index (κ1) is 25.9. The molecule has 4 nitrogen and oxygen atoms in total. The Morgan fingerprint density at radius 1 is 1.06 bits per heavy atom. The summed E-state index contributed by atoms with van der Waals surface area (Å²) in [6, 6.07) is 6.75. The lowest BCUT2D eigenvalue weighted by Gasteiger charge is -2.34. The third-order valence-corrected chi connectivity index (χ3v) is 6.24. The third-order valence-electron chi connectivity index (χ3n) is 6.24. The number of pyridine rings is 1. The number of halogens is 5. The molecule has 1 N–H and O–H groups in total. The van der Waals surface area contributed by atoms with Gasteiger partial charge in [0.2, 0.25) is 11.8 Å². The Bertz CT molecular complexity index is 989. The molecule has 2 aromatic rings. The second-order valence-corrected chi connectivity index (χ2v) is 9.95. The predicted octanol–water partition coefficient (Wildman–Crippen LogP) is 6.27. The highest BCUT2D eigenvalue weighted by Gasteiger charge is 2.38. The Labute approximate surface area is 196 Å². The molecule has 0 aliphatic heterocycles. The first-order valence-corrected chi connectivity index (χ1v) is 11.2. The highest BCUT2D eigenvalue weighted by molar-refractivity contribution is 5.86. The molecule has 1 unspecified atom stereocenters. The number of nitrogens with one attached hydrogen (secondary N) is 1. The lowest BCUT2D eigenvalue weighted by Crippen LogP contribution is -2.46. The molecule has 0 bridgehead atoms. The average molecular weight is 484 g/mol. The van der Waals surface area contributed by atoms with Crippen LogP contribution in [0.4, 0.5) is 27.6 Å². The predicted molar refractivity (Wildman–Crippen MR) is 121 cm³/mol. The van der Waals surface area contributed by atoms with Crippen molar-refractivity contribution in [3.8, 4) is 0 Å². The first-order valence-electron chi connectivity index (χ1n) is 11.2. The van der Waals surface area contributed by atoms with Gasteiger partial charge >= 0.3 is 6.18 Å². The van der Waals surface area contributed by atoms with Crippen LogP contribution < -0.4 is 10.2 Å². The van der Waals surface area contributed by atoms with Crippen molar-refractivity contribution in [1.82, 2.24) is 10.3 Å². The van der Waals surface area contributed by atoms with Crippen LogP contribution in [-0.4, -0.2) is 29.9 Å². The van der Waals surface area contributed by atoms with Crippen LogP contribution in [0.3, 0.4) is 0 Å². The van der Waals surface area contributed by atoms with Crippen molar-refractivity contribution >= 4 is 11.6 Å². The summed E-state index contributed by atoms with van der Waals surface area (Å²) >= 11 is 0. The molecule has 1 saturated carbocycles. The van der Waals surface area contributed by atoms with Crippen LogP contribution in [0.1, 0.15) is 69.2 Å². The third kappa shape index (κ3) is 6.24. The van der Waals surface area contributed by atoms with Crippen LogP contribution in [-0.2, 0) is 16.4 Å². The molecule has 0 saturated heterocycles. The molecule has 0 radical (unpaired) electrons. The quantitative estimate of drug-likeness (QED) is 0.510. The van der Waals surface area contributed by atoms with E-state index in [0.29, 0.717) is 11.9 Å². The zero-order valence-corrected chi connectivity index (χ0v) is 19.7. The van der Waals surface area contributed by atoms with Gasteiger partial charge in [0.05, 0.1) is 5.56 Å². The maximum atomic E-state index is 13.5. The fourth-order valence-corrected chi connectivity index (χ4v) is 4.12. The second-order valence-electron chi connectivity index (χ2n) is 9.95. The van der Waals surface area contributed by atoms with E-state index in [2.05, 4.69) is 31.1 Å². The summed E-state index contributed by atoms with van der Waals surface area (Å²) < 4.78 is 67.0. The minimum absolute atomic E-state index is 0.0656. The van der Waals surface area contributed by atoms with Gasteiger partial charge in [-0.05, 0) is 42.0 Å². The summed E-state index contributed by atoms with van der Waals surface area (Å²) in [4.78, 5) is 18.6. The van der Waals surface area contributed by atoms with E-state index in [9.17, 15) is 26.7 Å². The summed E-state index contributed by atoms with van der Waals surface area (Å²) in [6.45, 7) is 6.18. The molecule has 0 spiro atoms. The number of hydrogen-bond donors (Lipinski definition) is 1. The summed E-state index contributed by atoms with van der Waals surface area (Å²) in [6.07, 6.45) is -3.14. The fraction of sp³-hybridized carbons (Fsp3) is 0.520. The number of likely N-dealkylation sites (N-methyl/N-ethyl adjacent to an activating group) is 1. The van der Waals surface area contributed by atoms with E-state index in [0.717, 1.165) is 11.6 Å². The Morgan fingerprint density at radius 2 is 1.65 bits per heavy atom. The van der Waals surface area contributed by atoms with Crippen LogP contribution in [0.15, 0.2) is 42.7 Å². The molecule has 3 rings (SSSR count). The molecule has 9 heteroatoms. The Hall–Kier alpha value is -2.71. The number of carbonyl (C=O) groups excluding carboxylic acids is 1. The summed E-state index contributed by atoms with van der Waals surface area (Å²) in [5.41, 5.74) is 0.699. The molecule has 1 aromatic carbocycles. The molecule has 1 aliphatic carbocycles. The van der Waals surface area contributed by atoms with Crippen LogP contribution in [0.5, 0.6) is 0 Å². The number of aromatic nitrogens is 1. The Morgan fingerprint density at radius 3 is 2.18 bits per heavy atom. The smallest absolute Gasteiger partial charge is 0.359 e. The number of carbonyl (C=O) groups is 1. The van der Waals surface area contributed by atoms with E-state index in [1.54, 1.807) is 11.9 Å². The molecule has 1 heterocycles. The molecular weight excluding hydrogens is 453 g/mol.